The Hall–Kier alpha value is -1.97. The summed E-state index contributed by atoms with van der Waals surface area (Å²) in [7, 11) is -2.30. The van der Waals surface area contributed by atoms with Gasteiger partial charge in [-0.25, -0.2) is 8.42 Å². The second-order valence-corrected chi connectivity index (χ2v) is 9.06. The molecule has 0 radical (unpaired) electrons. The maximum atomic E-state index is 12.9. The zero-order valence-electron chi connectivity index (χ0n) is 16.1. The lowest BCUT2D eigenvalue weighted by Crippen LogP contribution is -2.29. The van der Waals surface area contributed by atoms with Crippen LogP contribution in [-0.4, -0.2) is 39.2 Å². The predicted octanol–water partition coefficient (Wildman–Crippen LogP) is 3.84. The zero-order valence-corrected chi connectivity index (χ0v) is 18.6. The molecule has 2 rings (SSSR count). The van der Waals surface area contributed by atoms with E-state index in [0.717, 1.165) is 18.7 Å². The van der Waals surface area contributed by atoms with Crippen molar-refractivity contribution in [3.8, 4) is 5.75 Å². The van der Waals surface area contributed by atoms with Crippen LogP contribution in [0, 0.1) is 6.92 Å². The second-order valence-electron chi connectivity index (χ2n) is 6.01. The van der Waals surface area contributed by atoms with Gasteiger partial charge in [-0.1, -0.05) is 18.2 Å². The second kappa shape index (κ2) is 10.5. The summed E-state index contributed by atoms with van der Waals surface area (Å²) in [5, 5.41) is 6.62. The molecule has 0 aliphatic carbocycles. The number of anilines is 2. The summed E-state index contributed by atoms with van der Waals surface area (Å²) in [5.74, 6) is 1.51. The molecule has 0 aromatic heterocycles. The van der Waals surface area contributed by atoms with Crippen LogP contribution in [0.5, 0.6) is 5.75 Å². The minimum absolute atomic E-state index is 0.175. The lowest BCUT2D eigenvalue weighted by atomic mass is 10.2. The summed E-state index contributed by atoms with van der Waals surface area (Å²) in [6.07, 6.45) is 3.06. The van der Waals surface area contributed by atoms with Crippen LogP contribution in [0.3, 0.4) is 0 Å². The highest BCUT2D eigenvalue weighted by Crippen LogP contribution is 2.28. The first-order valence-corrected chi connectivity index (χ1v) is 12.0. The minimum Gasteiger partial charge on any atom is -0.495 e. The van der Waals surface area contributed by atoms with E-state index in [-0.39, 0.29) is 4.90 Å². The van der Waals surface area contributed by atoms with Crippen LogP contribution in [-0.2, 0) is 10.0 Å². The van der Waals surface area contributed by atoms with E-state index in [1.807, 2.05) is 0 Å². The van der Waals surface area contributed by atoms with Gasteiger partial charge in [-0.2, -0.15) is 11.8 Å². The number of ether oxygens (including phenoxy) is 1. The molecule has 2 aromatic carbocycles. The largest absolute Gasteiger partial charge is 0.495 e. The number of rotatable bonds is 9. The Morgan fingerprint density at radius 3 is 2.68 bits per heavy atom. The molecular formula is C19H25N3O3S3. The maximum Gasteiger partial charge on any atom is 0.262 e. The Morgan fingerprint density at radius 1 is 1.21 bits per heavy atom. The molecule has 0 amide bonds. The molecule has 0 heterocycles. The van der Waals surface area contributed by atoms with Gasteiger partial charge >= 0.3 is 0 Å². The molecule has 0 bridgehead atoms. The van der Waals surface area contributed by atoms with E-state index < -0.39 is 10.0 Å². The van der Waals surface area contributed by atoms with Gasteiger partial charge in [-0.15, -0.1) is 0 Å². The van der Waals surface area contributed by atoms with Crippen molar-refractivity contribution >= 4 is 50.5 Å². The van der Waals surface area contributed by atoms with E-state index in [9.17, 15) is 8.42 Å². The highest BCUT2D eigenvalue weighted by molar-refractivity contribution is 7.98. The Balaban J connectivity index is 2.16. The molecule has 0 unspecified atom stereocenters. The Labute approximate surface area is 176 Å². The van der Waals surface area contributed by atoms with E-state index >= 15 is 0 Å². The first-order chi connectivity index (χ1) is 13.4. The first kappa shape index (κ1) is 22.3. The number of hydrogen-bond acceptors (Lipinski definition) is 5. The number of nitrogens with one attached hydrogen (secondary N) is 3. The highest BCUT2D eigenvalue weighted by atomic mass is 32.2. The van der Waals surface area contributed by atoms with Gasteiger partial charge in [-0.3, -0.25) is 4.72 Å². The molecule has 2 aromatic rings. The number of thiocarbonyl (C=S) groups is 1. The molecule has 0 aliphatic rings. The van der Waals surface area contributed by atoms with Gasteiger partial charge < -0.3 is 15.4 Å². The summed E-state index contributed by atoms with van der Waals surface area (Å²) >= 11 is 7.06. The number of para-hydroxylation sites is 2. The van der Waals surface area contributed by atoms with E-state index in [0.29, 0.717) is 27.8 Å². The third-order valence-electron chi connectivity index (χ3n) is 3.90. The summed E-state index contributed by atoms with van der Waals surface area (Å²) < 4.78 is 33.7. The molecule has 0 spiro atoms. The summed E-state index contributed by atoms with van der Waals surface area (Å²) in [4.78, 5) is 0.175. The lowest BCUT2D eigenvalue weighted by Gasteiger charge is -2.15. The lowest BCUT2D eigenvalue weighted by molar-refractivity contribution is 0.417. The Kier molecular flexibility index (Phi) is 8.40. The standard InChI is InChI=1S/C19H25N3O3S3/c1-14-9-10-15(21-19(26)20-11-6-12-27-3)13-18(14)28(23,24)22-16-7-4-5-8-17(16)25-2/h4-5,7-10,13,22H,6,11-12H2,1-3H3,(H2,20,21,26). The molecule has 9 heteroatoms. The third kappa shape index (κ3) is 6.29. The maximum absolute atomic E-state index is 12.9. The molecular weight excluding hydrogens is 414 g/mol. The SMILES string of the molecule is COc1ccccc1NS(=O)(=O)c1cc(NC(=S)NCCCSC)ccc1C. The van der Waals surface area contributed by atoms with Crippen molar-refractivity contribution in [1.82, 2.24) is 5.32 Å². The van der Waals surface area contributed by atoms with Crippen molar-refractivity contribution in [2.24, 2.45) is 0 Å². The minimum atomic E-state index is -3.80. The smallest absolute Gasteiger partial charge is 0.262 e. The zero-order chi connectivity index (χ0) is 20.6. The molecule has 6 nitrogen and oxygen atoms in total. The average molecular weight is 440 g/mol. The van der Waals surface area contributed by atoms with Crippen LogP contribution in [0.15, 0.2) is 47.4 Å². The van der Waals surface area contributed by atoms with Crippen LogP contribution < -0.4 is 20.1 Å². The van der Waals surface area contributed by atoms with Gasteiger partial charge in [0.05, 0.1) is 17.7 Å². The van der Waals surface area contributed by atoms with Gasteiger partial charge in [0.1, 0.15) is 5.75 Å². The van der Waals surface area contributed by atoms with Crippen molar-refractivity contribution in [3.05, 3.63) is 48.0 Å². The van der Waals surface area contributed by atoms with Crippen molar-refractivity contribution in [2.75, 3.05) is 35.7 Å². The fraction of sp³-hybridized carbons (Fsp3) is 0.316. The van der Waals surface area contributed by atoms with E-state index in [1.165, 1.54) is 7.11 Å². The average Bonchev–Trinajstić information content (AvgIpc) is 2.67. The summed E-state index contributed by atoms with van der Waals surface area (Å²) in [5.41, 5.74) is 1.62. The van der Waals surface area contributed by atoms with E-state index in [1.54, 1.807) is 61.2 Å². The van der Waals surface area contributed by atoms with Gasteiger partial charge in [0, 0.05) is 12.2 Å². The van der Waals surface area contributed by atoms with E-state index in [2.05, 4.69) is 21.6 Å². The molecule has 3 N–H and O–H groups in total. The van der Waals surface area contributed by atoms with Crippen LogP contribution in [0.25, 0.3) is 0 Å². The van der Waals surface area contributed by atoms with Gasteiger partial charge in [0.25, 0.3) is 10.0 Å². The third-order valence-corrected chi connectivity index (χ3v) is 6.35. The van der Waals surface area contributed by atoms with Crippen molar-refractivity contribution in [2.45, 2.75) is 18.2 Å². The molecule has 0 saturated heterocycles. The van der Waals surface area contributed by atoms with Gasteiger partial charge in [0.15, 0.2) is 5.11 Å². The highest BCUT2D eigenvalue weighted by Gasteiger charge is 2.19. The monoisotopic (exact) mass is 439 g/mol. The van der Waals surface area contributed by atoms with Gasteiger partial charge in [0.2, 0.25) is 0 Å². The molecule has 0 fully saturated rings. The summed E-state index contributed by atoms with van der Waals surface area (Å²) in [6, 6.07) is 12.0. The van der Waals surface area contributed by atoms with Crippen LogP contribution >= 0.6 is 24.0 Å². The number of benzene rings is 2. The van der Waals surface area contributed by atoms with Gasteiger partial charge in [-0.05, 0) is 67.4 Å². The fourth-order valence-electron chi connectivity index (χ4n) is 2.49. The quantitative estimate of drug-likeness (QED) is 0.405. The number of aryl methyl sites for hydroxylation is 1. The van der Waals surface area contributed by atoms with E-state index in [4.69, 9.17) is 17.0 Å². The summed E-state index contributed by atoms with van der Waals surface area (Å²) in [6.45, 7) is 2.51. The molecule has 0 aliphatic heterocycles. The molecule has 0 saturated carbocycles. The van der Waals surface area contributed by atoms with Crippen LogP contribution in [0.1, 0.15) is 12.0 Å². The van der Waals surface area contributed by atoms with Crippen molar-refractivity contribution in [1.29, 1.82) is 0 Å². The number of sulfonamides is 1. The number of hydrogen-bond donors (Lipinski definition) is 3. The molecule has 28 heavy (non-hydrogen) atoms. The Morgan fingerprint density at radius 2 is 1.96 bits per heavy atom. The predicted molar refractivity (Wildman–Crippen MR) is 122 cm³/mol. The normalized spacial score (nSPS) is 11.0. The first-order valence-electron chi connectivity index (χ1n) is 8.67. The fourth-order valence-corrected chi connectivity index (χ4v) is 4.48. The van der Waals surface area contributed by atoms with Crippen LogP contribution in [0.4, 0.5) is 11.4 Å². The number of methoxy groups -OCH3 is 1. The molecule has 0 atom stereocenters. The van der Waals surface area contributed by atoms with Crippen LogP contribution in [0.2, 0.25) is 0 Å². The molecule has 152 valence electrons. The Bertz CT molecular complexity index is 918. The number of thioether (sulfide) groups is 1. The topological polar surface area (TPSA) is 79.5 Å². The van der Waals surface area contributed by atoms with Crippen molar-refractivity contribution < 1.29 is 13.2 Å². The van der Waals surface area contributed by atoms with Crippen molar-refractivity contribution in [3.63, 3.8) is 0 Å².